The van der Waals surface area contributed by atoms with E-state index in [1.54, 1.807) is 7.11 Å². The van der Waals surface area contributed by atoms with Gasteiger partial charge in [0.1, 0.15) is 0 Å². The molecule has 4 rings (SSSR count). The molecule has 4 heteroatoms. The Morgan fingerprint density at radius 1 is 1.29 bits per heavy atom. The zero-order valence-corrected chi connectivity index (χ0v) is 9.03. The first kappa shape index (κ1) is 9.19. The van der Waals surface area contributed by atoms with Gasteiger partial charge >= 0.3 is 7.32 Å². The highest BCUT2D eigenvalue weighted by Crippen LogP contribution is 2.61. The van der Waals surface area contributed by atoms with Gasteiger partial charge in [0.25, 0.3) is 0 Å². The topological polar surface area (TPSA) is 27.7 Å². The SMILES string of the molecule is COB1OC2CC3CC(C2O1)C3(C)C. The summed E-state index contributed by atoms with van der Waals surface area (Å²) in [5.41, 5.74) is 0.452. The molecule has 4 fully saturated rings. The quantitative estimate of drug-likeness (QED) is 0.594. The lowest BCUT2D eigenvalue weighted by molar-refractivity contribution is -0.150. The average molecular weight is 196 g/mol. The molecule has 1 saturated heterocycles. The monoisotopic (exact) mass is 196 g/mol. The van der Waals surface area contributed by atoms with Crippen LogP contribution >= 0.6 is 0 Å². The standard InChI is InChI=1S/C10H17BO3/c1-10(2)6-4-7(10)9-8(5-6)13-11(12-3)14-9/h6-9H,4-5H2,1-3H3. The third-order valence-corrected chi connectivity index (χ3v) is 4.57. The van der Waals surface area contributed by atoms with E-state index in [4.69, 9.17) is 14.0 Å². The molecule has 3 nitrogen and oxygen atoms in total. The van der Waals surface area contributed by atoms with Crippen LogP contribution in [0.4, 0.5) is 0 Å². The number of hydrogen-bond donors (Lipinski definition) is 0. The Morgan fingerprint density at radius 3 is 2.71 bits per heavy atom. The summed E-state index contributed by atoms with van der Waals surface area (Å²) in [7, 11) is 1.22. The van der Waals surface area contributed by atoms with E-state index in [2.05, 4.69) is 13.8 Å². The van der Waals surface area contributed by atoms with Crippen molar-refractivity contribution < 1.29 is 14.0 Å². The van der Waals surface area contributed by atoms with Gasteiger partial charge in [-0.05, 0) is 30.1 Å². The van der Waals surface area contributed by atoms with Gasteiger partial charge in [-0.25, -0.2) is 0 Å². The van der Waals surface area contributed by atoms with Gasteiger partial charge in [0.05, 0.1) is 12.2 Å². The van der Waals surface area contributed by atoms with Gasteiger partial charge in [-0.1, -0.05) is 13.8 Å². The molecule has 0 aromatic heterocycles. The van der Waals surface area contributed by atoms with Crippen molar-refractivity contribution in [3.63, 3.8) is 0 Å². The summed E-state index contributed by atoms with van der Waals surface area (Å²) in [6, 6.07) is 0. The highest BCUT2D eigenvalue weighted by atomic mass is 16.8. The van der Waals surface area contributed by atoms with E-state index < -0.39 is 7.32 Å². The Balaban J connectivity index is 1.79. The van der Waals surface area contributed by atoms with E-state index >= 15 is 0 Å². The minimum absolute atomic E-state index is 0.278. The Labute approximate surface area is 85.3 Å². The highest BCUT2D eigenvalue weighted by Gasteiger charge is 2.62. The maximum atomic E-state index is 5.76. The molecule has 1 aliphatic heterocycles. The molecule has 0 radical (unpaired) electrons. The second-order valence-electron chi connectivity index (χ2n) is 5.40. The van der Waals surface area contributed by atoms with Crippen LogP contribution < -0.4 is 0 Å². The molecule has 3 saturated carbocycles. The molecular formula is C10H17BO3. The van der Waals surface area contributed by atoms with E-state index in [1.165, 1.54) is 6.42 Å². The van der Waals surface area contributed by atoms with Crippen molar-refractivity contribution in [3.8, 4) is 0 Å². The number of hydrogen-bond acceptors (Lipinski definition) is 3. The smallest absolute Gasteiger partial charge is 0.389 e. The van der Waals surface area contributed by atoms with Gasteiger partial charge in [0, 0.05) is 7.11 Å². The summed E-state index contributed by atoms with van der Waals surface area (Å²) in [4.78, 5) is 0. The van der Waals surface area contributed by atoms with E-state index in [-0.39, 0.29) is 12.2 Å². The fraction of sp³-hybridized carbons (Fsp3) is 1.00. The fourth-order valence-corrected chi connectivity index (χ4v) is 3.42. The summed E-state index contributed by atoms with van der Waals surface area (Å²) in [6.07, 6.45) is 3.03. The van der Waals surface area contributed by atoms with E-state index in [0.29, 0.717) is 11.3 Å². The van der Waals surface area contributed by atoms with E-state index in [9.17, 15) is 0 Å². The zero-order valence-electron chi connectivity index (χ0n) is 9.03. The molecule has 0 aromatic rings. The summed E-state index contributed by atoms with van der Waals surface area (Å²) >= 11 is 0. The molecule has 0 spiro atoms. The molecule has 4 atom stereocenters. The van der Waals surface area contributed by atoms with Crippen LogP contribution in [-0.2, 0) is 14.0 Å². The Bertz CT molecular complexity index is 256. The largest absolute Gasteiger partial charge is 0.639 e. The van der Waals surface area contributed by atoms with Gasteiger partial charge in [-0.15, -0.1) is 0 Å². The van der Waals surface area contributed by atoms with Gasteiger partial charge in [0.15, 0.2) is 0 Å². The van der Waals surface area contributed by atoms with Crippen molar-refractivity contribution >= 4 is 7.32 Å². The lowest BCUT2D eigenvalue weighted by Gasteiger charge is -2.60. The summed E-state index contributed by atoms with van der Waals surface area (Å²) in [5, 5.41) is 0. The molecule has 1 heterocycles. The van der Waals surface area contributed by atoms with Gasteiger partial charge in [0.2, 0.25) is 0 Å². The second kappa shape index (κ2) is 2.74. The van der Waals surface area contributed by atoms with Crippen LogP contribution in [0.5, 0.6) is 0 Å². The minimum atomic E-state index is -0.417. The lowest BCUT2D eigenvalue weighted by Crippen LogP contribution is -2.59. The zero-order chi connectivity index (χ0) is 9.92. The Hall–Kier alpha value is -0.0551. The predicted molar refractivity (Wildman–Crippen MR) is 52.5 cm³/mol. The molecule has 3 aliphatic carbocycles. The molecule has 78 valence electrons. The first-order valence-corrected chi connectivity index (χ1v) is 5.46. The molecule has 4 unspecified atom stereocenters. The molecule has 14 heavy (non-hydrogen) atoms. The van der Waals surface area contributed by atoms with Crippen molar-refractivity contribution in [2.24, 2.45) is 17.3 Å². The predicted octanol–water partition coefficient (Wildman–Crippen LogP) is 1.47. The molecule has 0 amide bonds. The molecular weight excluding hydrogens is 179 g/mol. The second-order valence-corrected chi connectivity index (χ2v) is 5.40. The van der Waals surface area contributed by atoms with Gasteiger partial charge in [-0.2, -0.15) is 0 Å². The molecule has 2 bridgehead atoms. The third kappa shape index (κ3) is 0.994. The maximum absolute atomic E-state index is 5.76. The van der Waals surface area contributed by atoms with E-state index in [1.807, 2.05) is 0 Å². The van der Waals surface area contributed by atoms with Crippen LogP contribution in [0.15, 0.2) is 0 Å². The lowest BCUT2D eigenvalue weighted by atomic mass is 9.47. The first-order valence-electron chi connectivity index (χ1n) is 5.46. The summed E-state index contributed by atoms with van der Waals surface area (Å²) in [5.74, 6) is 1.50. The van der Waals surface area contributed by atoms with Crippen molar-refractivity contribution in [2.75, 3.05) is 7.11 Å². The minimum Gasteiger partial charge on any atom is -0.389 e. The van der Waals surface area contributed by atoms with Crippen LogP contribution in [-0.4, -0.2) is 26.6 Å². The third-order valence-electron chi connectivity index (χ3n) is 4.57. The average Bonchev–Trinajstić information content (AvgIpc) is 2.59. The fourth-order valence-electron chi connectivity index (χ4n) is 3.42. The van der Waals surface area contributed by atoms with Crippen LogP contribution in [0.3, 0.4) is 0 Å². The Kier molecular flexibility index (Phi) is 1.80. The maximum Gasteiger partial charge on any atom is 0.639 e. The summed E-state index contributed by atoms with van der Waals surface area (Å²) in [6.45, 7) is 4.71. The molecule has 0 N–H and O–H groups in total. The van der Waals surface area contributed by atoms with Crippen LogP contribution in [0.25, 0.3) is 0 Å². The van der Waals surface area contributed by atoms with Crippen molar-refractivity contribution in [1.29, 1.82) is 0 Å². The van der Waals surface area contributed by atoms with Crippen molar-refractivity contribution in [1.82, 2.24) is 0 Å². The number of rotatable bonds is 1. The molecule has 4 aliphatic rings. The Morgan fingerprint density at radius 2 is 2.07 bits per heavy atom. The van der Waals surface area contributed by atoms with Gasteiger partial charge < -0.3 is 14.0 Å². The normalized spacial score (nSPS) is 48.6. The van der Waals surface area contributed by atoms with Crippen molar-refractivity contribution in [2.45, 2.75) is 38.9 Å². The van der Waals surface area contributed by atoms with Gasteiger partial charge in [-0.3, -0.25) is 0 Å². The highest BCUT2D eigenvalue weighted by molar-refractivity contribution is 6.37. The summed E-state index contributed by atoms with van der Waals surface area (Å²) < 4.78 is 16.5. The first-order chi connectivity index (χ1) is 6.63. The van der Waals surface area contributed by atoms with Crippen LogP contribution in [0, 0.1) is 17.3 Å². The van der Waals surface area contributed by atoms with Crippen molar-refractivity contribution in [3.05, 3.63) is 0 Å². The molecule has 0 aromatic carbocycles. The van der Waals surface area contributed by atoms with Crippen LogP contribution in [0.1, 0.15) is 26.7 Å². The van der Waals surface area contributed by atoms with Crippen LogP contribution in [0.2, 0.25) is 0 Å². The van der Waals surface area contributed by atoms with E-state index in [0.717, 1.165) is 12.3 Å².